The van der Waals surface area contributed by atoms with E-state index in [1.165, 1.54) is 0 Å². The molecule has 0 unspecified atom stereocenters. The maximum absolute atomic E-state index is 11.8. The average molecular weight is 302 g/mol. The fraction of sp³-hybridized carbons (Fsp3) is 0.438. The van der Waals surface area contributed by atoms with Crippen LogP contribution in [0.1, 0.15) is 25.3 Å². The number of esters is 1. The summed E-state index contributed by atoms with van der Waals surface area (Å²) in [6, 6.07) is 8.42. The molecule has 0 aliphatic carbocycles. The maximum atomic E-state index is 11.8. The minimum absolute atomic E-state index is 0.170. The van der Waals surface area contributed by atoms with Gasteiger partial charge in [0.1, 0.15) is 5.75 Å². The van der Waals surface area contributed by atoms with Gasteiger partial charge in [0.25, 0.3) is 5.91 Å². The van der Waals surface area contributed by atoms with Crippen molar-refractivity contribution in [3.05, 3.63) is 29.8 Å². The summed E-state index contributed by atoms with van der Waals surface area (Å²) in [4.78, 5) is 25.3. The highest BCUT2D eigenvalue weighted by Crippen LogP contribution is 2.14. The summed E-state index contributed by atoms with van der Waals surface area (Å²) in [7, 11) is 0. The SMILES string of the molecule is C[C@H](Oc1ccc(C#N)cc1)C(=O)OCC(=O)N1CCCC1. The molecular formula is C16H18N2O4. The van der Waals surface area contributed by atoms with Gasteiger partial charge in [-0.1, -0.05) is 0 Å². The molecule has 2 rings (SSSR count). The van der Waals surface area contributed by atoms with E-state index >= 15 is 0 Å². The molecule has 0 saturated carbocycles. The zero-order valence-electron chi connectivity index (χ0n) is 12.4. The first kappa shape index (κ1) is 15.8. The lowest BCUT2D eigenvalue weighted by Crippen LogP contribution is -2.34. The molecule has 0 spiro atoms. The molecule has 0 N–H and O–H groups in total. The first-order valence-corrected chi connectivity index (χ1v) is 7.21. The number of amides is 1. The van der Waals surface area contributed by atoms with Crippen LogP contribution in [0.4, 0.5) is 0 Å². The van der Waals surface area contributed by atoms with Crippen LogP contribution in [0.25, 0.3) is 0 Å². The smallest absolute Gasteiger partial charge is 0.347 e. The van der Waals surface area contributed by atoms with Crippen molar-refractivity contribution in [2.45, 2.75) is 25.9 Å². The first-order chi connectivity index (χ1) is 10.6. The molecule has 1 heterocycles. The first-order valence-electron chi connectivity index (χ1n) is 7.21. The second-order valence-corrected chi connectivity index (χ2v) is 5.09. The van der Waals surface area contributed by atoms with Gasteiger partial charge in [0.15, 0.2) is 12.7 Å². The molecule has 0 radical (unpaired) electrons. The third kappa shape index (κ3) is 4.22. The Morgan fingerprint density at radius 3 is 2.50 bits per heavy atom. The monoisotopic (exact) mass is 302 g/mol. The second-order valence-electron chi connectivity index (χ2n) is 5.09. The van der Waals surface area contributed by atoms with E-state index in [0.717, 1.165) is 25.9 Å². The zero-order valence-corrected chi connectivity index (χ0v) is 12.4. The van der Waals surface area contributed by atoms with E-state index in [4.69, 9.17) is 14.7 Å². The molecule has 1 atom stereocenters. The third-order valence-electron chi connectivity index (χ3n) is 3.42. The Balaban J connectivity index is 1.78. The van der Waals surface area contributed by atoms with Crippen molar-refractivity contribution in [3.8, 4) is 11.8 Å². The second kappa shape index (κ2) is 7.46. The van der Waals surface area contributed by atoms with Crippen molar-refractivity contribution < 1.29 is 19.1 Å². The summed E-state index contributed by atoms with van der Waals surface area (Å²) >= 11 is 0. The Labute approximate surface area is 129 Å². The van der Waals surface area contributed by atoms with E-state index < -0.39 is 12.1 Å². The highest BCUT2D eigenvalue weighted by atomic mass is 16.6. The minimum Gasteiger partial charge on any atom is -0.479 e. The van der Waals surface area contributed by atoms with Crippen LogP contribution in [0, 0.1) is 11.3 Å². The molecule has 0 aromatic heterocycles. The largest absolute Gasteiger partial charge is 0.479 e. The van der Waals surface area contributed by atoms with Gasteiger partial charge in [0.2, 0.25) is 0 Å². The highest BCUT2D eigenvalue weighted by Gasteiger charge is 2.22. The van der Waals surface area contributed by atoms with Crippen LogP contribution < -0.4 is 4.74 Å². The number of hydrogen-bond donors (Lipinski definition) is 0. The summed E-state index contributed by atoms with van der Waals surface area (Å²) in [6.45, 7) is 2.77. The van der Waals surface area contributed by atoms with E-state index in [0.29, 0.717) is 11.3 Å². The van der Waals surface area contributed by atoms with Crippen molar-refractivity contribution in [2.24, 2.45) is 0 Å². The Hall–Kier alpha value is -2.55. The Bertz CT molecular complexity index is 571. The van der Waals surface area contributed by atoms with Crippen LogP contribution in [0.3, 0.4) is 0 Å². The molecule has 1 aromatic rings. The van der Waals surface area contributed by atoms with Crippen LogP contribution in [0.5, 0.6) is 5.75 Å². The number of carbonyl (C=O) groups is 2. The standard InChI is InChI=1S/C16H18N2O4/c1-12(22-14-6-4-13(10-17)5-7-14)16(20)21-11-15(19)18-8-2-3-9-18/h4-7,12H,2-3,8-9,11H2,1H3/t12-/m0/s1. The fourth-order valence-corrected chi connectivity index (χ4v) is 2.17. The lowest BCUT2D eigenvalue weighted by molar-refractivity contribution is -0.157. The number of nitriles is 1. The maximum Gasteiger partial charge on any atom is 0.347 e. The van der Waals surface area contributed by atoms with Crippen LogP contribution in [0.2, 0.25) is 0 Å². The number of ether oxygens (including phenoxy) is 2. The van der Waals surface area contributed by atoms with Crippen LogP contribution >= 0.6 is 0 Å². The van der Waals surface area contributed by atoms with Gasteiger partial charge < -0.3 is 14.4 Å². The van der Waals surface area contributed by atoms with E-state index in [1.807, 2.05) is 6.07 Å². The molecule has 6 nitrogen and oxygen atoms in total. The van der Waals surface area contributed by atoms with Crippen molar-refractivity contribution in [3.63, 3.8) is 0 Å². The van der Waals surface area contributed by atoms with E-state index in [9.17, 15) is 9.59 Å². The van der Waals surface area contributed by atoms with E-state index in [1.54, 1.807) is 36.1 Å². The van der Waals surface area contributed by atoms with Gasteiger partial charge >= 0.3 is 5.97 Å². The number of carbonyl (C=O) groups excluding carboxylic acids is 2. The third-order valence-corrected chi connectivity index (χ3v) is 3.42. The molecule has 0 bridgehead atoms. The predicted molar refractivity (Wildman–Crippen MR) is 78.0 cm³/mol. The average Bonchev–Trinajstić information content (AvgIpc) is 3.07. The van der Waals surface area contributed by atoms with Crippen molar-refractivity contribution in [1.82, 2.24) is 4.90 Å². The molecule has 1 saturated heterocycles. The van der Waals surface area contributed by atoms with E-state index in [2.05, 4.69) is 0 Å². The Kier molecular flexibility index (Phi) is 5.37. The molecule has 1 aliphatic rings. The van der Waals surface area contributed by atoms with Gasteiger partial charge in [-0.15, -0.1) is 0 Å². The van der Waals surface area contributed by atoms with Gasteiger partial charge in [-0.3, -0.25) is 4.79 Å². The zero-order chi connectivity index (χ0) is 15.9. The van der Waals surface area contributed by atoms with Crippen molar-refractivity contribution >= 4 is 11.9 Å². The molecule has 1 aliphatic heterocycles. The summed E-state index contributed by atoms with van der Waals surface area (Å²) in [6.07, 6.45) is 1.18. The lowest BCUT2D eigenvalue weighted by atomic mass is 10.2. The molecular weight excluding hydrogens is 284 g/mol. The van der Waals surface area contributed by atoms with Gasteiger partial charge in [-0.2, -0.15) is 5.26 Å². The highest BCUT2D eigenvalue weighted by molar-refractivity contribution is 5.82. The van der Waals surface area contributed by atoms with Gasteiger partial charge in [0, 0.05) is 13.1 Å². The molecule has 6 heteroatoms. The molecule has 116 valence electrons. The normalized spacial score (nSPS) is 15.0. The topological polar surface area (TPSA) is 79.6 Å². The molecule has 1 amide bonds. The number of hydrogen-bond acceptors (Lipinski definition) is 5. The van der Waals surface area contributed by atoms with Crippen molar-refractivity contribution in [1.29, 1.82) is 5.26 Å². The van der Waals surface area contributed by atoms with Crippen LogP contribution in [-0.2, 0) is 14.3 Å². The molecule has 1 aromatic carbocycles. The van der Waals surface area contributed by atoms with Crippen LogP contribution in [0.15, 0.2) is 24.3 Å². The van der Waals surface area contributed by atoms with Gasteiger partial charge in [-0.05, 0) is 44.0 Å². The summed E-state index contributed by atoms with van der Waals surface area (Å²) in [5, 5.41) is 8.71. The van der Waals surface area contributed by atoms with Crippen molar-refractivity contribution in [2.75, 3.05) is 19.7 Å². The molecule has 22 heavy (non-hydrogen) atoms. The number of benzene rings is 1. The lowest BCUT2D eigenvalue weighted by Gasteiger charge is -2.17. The van der Waals surface area contributed by atoms with Crippen LogP contribution in [-0.4, -0.2) is 42.6 Å². The fourth-order valence-electron chi connectivity index (χ4n) is 2.17. The summed E-state index contributed by atoms with van der Waals surface area (Å²) in [5.41, 5.74) is 0.513. The van der Waals surface area contributed by atoms with Gasteiger partial charge in [0.05, 0.1) is 11.6 Å². The number of nitrogens with zero attached hydrogens (tertiary/aromatic N) is 2. The Morgan fingerprint density at radius 2 is 1.91 bits per heavy atom. The minimum atomic E-state index is -0.820. The van der Waals surface area contributed by atoms with Gasteiger partial charge in [-0.25, -0.2) is 4.79 Å². The number of rotatable bonds is 5. The summed E-state index contributed by atoms with van der Waals surface area (Å²) < 4.78 is 10.4. The number of likely N-dealkylation sites (tertiary alicyclic amines) is 1. The molecule has 1 fully saturated rings. The summed E-state index contributed by atoms with van der Waals surface area (Å²) in [5.74, 6) is -0.289. The predicted octanol–water partition coefficient (Wildman–Crippen LogP) is 1.49. The van der Waals surface area contributed by atoms with E-state index in [-0.39, 0.29) is 12.5 Å². The quantitative estimate of drug-likeness (QED) is 0.770. The Morgan fingerprint density at radius 1 is 1.27 bits per heavy atom.